The molecule has 2 N–H and O–H groups in total. The van der Waals surface area contributed by atoms with Crippen LogP contribution in [0.25, 0.3) is 0 Å². The van der Waals surface area contributed by atoms with Crippen molar-refractivity contribution in [2.24, 2.45) is 5.10 Å². The summed E-state index contributed by atoms with van der Waals surface area (Å²) in [5.74, 6) is 0.852. The van der Waals surface area contributed by atoms with E-state index >= 15 is 0 Å². The van der Waals surface area contributed by atoms with Crippen molar-refractivity contribution in [2.75, 3.05) is 27.4 Å². The van der Waals surface area contributed by atoms with Gasteiger partial charge in [0.05, 0.1) is 13.7 Å². The lowest BCUT2D eigenvalue weighted by Gasteiger charge is -2.07. The predicted molar refractivity (Wildman–Crippen MR) is 85.4 cm³/mol. The molecule has 0 unspecified atom stereocenters. The molecule has 1 rings (SSSR count). The summed E-state index contributed by atoms with van der Waals surface area (Å²) >= 11 is 5.08. The predicted octanol–water partition coefficient (Wildman–Crippen LogP) is 1.72. The van der Waals surface area contributed by atoms with E-state index in [0.29, 0.717) is 18.3 Å². The summed E-state index contributed by atoms with van der Waals surface area (Å²) in [5.41, 5.74) is 4.94. The Morgan fingerprint density at radius 2 is 1.95 bits per heavy atom. The van der Waals surface area contributed by atoms with Gasteiger partial charge < -0.3 is 14.8 Å². The number of methoxy groups -OCH3 is 2. The molecule has 0 aliphatic rings. The van der Waals surface area contributed by atoms with E-state index in [1.54, 1.807) is 14.2 Å². The molecule has 5 nitrogen and oxygen atoms in total. The molecule has 0 radical (unpaired) electrons. The van der Waals surface area contributed by atoms with Gasteiger partial charge in [-0.1, -0.05) is 12.1 Å². The van der Waals surface area contributed by atoms with Crippen molar-refractivity contribution in [1.29, 1.82) is 0 Å². The molecule has 1 aromatic rings. The lowest BCUT2D eigenvalue weighted by Crippen LogP contribution is -2.34. The van der Waals surface area contributed by atoms with Crippen molar-refractivity contribution >= 4 is 23.0 Å². The summed E-state index contributed by atoms with van der Waals surface area (Å²) in [6.07, 6.45) is 0.762. The van der Waals surface area contributed by atoms with E-state index < -0.39 is 0 Å². The number of nitrogens with zero attached hydrogens (tertiary/aromatic N) is 1. The summed E-state index contributed by atoms with van der Waals surface area (Å²) in [7, 11) is 3.30. The molecule has 110 valence electrons. The Hall–Kier alpha value is -1.66. The summed E-state index contributed by atoms with van der Waals surface area (Å²) in [6.45, 7) is 3.22. The third-order valence-corrected chi connectivity index (χ3v) is 2.79. The minimum Gasteiger partial charge on any atom is -0.497 e. The number of hydrogen-bond acceptors (Lipinski definition) is 4. The molecule has 6 heteroatoms. The maximum atomic E-state index is 5.12. The van der Waals surface area contributed by atoms with Crippen LogP contribution >= 0.6 is 12.2 Å². The lowest BCUT2D eigenvalue weighted by molar-refractivity contribution is 0.204. The van der Waals surface area contributed by atoms with Gasteiger partial charge in [0.1, 0.15) is 5.75 Å². The van der Waals surface area contributed by atoms with Gasteiger partial charge in [-0.15, -0.1) is 0 Å². The van der Waals surface area contributed by atoms with Gasteiger partial charge in [-0.3, -0.25) is 5.43 Å². The van der Waals surface area contributed by atoms with Gasteiger partial charge in [0, 0.05) is 25.8 Å². The van der Waals surface area contributed by atoms with Crippen LogP contribution in [-0.4, -0.2) is 38.2 Å². The molecule has 0 saturated carbocycles. The molecule has 0 spiro atoms. The molecule has 0 atom stereocenters. The van der Waals surface area contributed by atoms with Crippen LogP contribution in [0.5, 0.6) is 5.75 Å². The van der Waals surface area contributed by atoms with E-state index in [4.69, 9.17) is 21.7 Å². The van der Waals surface area contributed by atoms with Gasteiger partial charge in [0.25, 0.3) is 0 Å². The van der Waals surface area contributed by atoms with Crippen molar-refractivity contribution in [3.8, 4) is 5.75 Å². The van der Waals surface area contributed by atoms with Gasteiger partial charge in [0.15, 0.2) is 5.11 Å². The highest BCUT2D eigenvalue weighted by molar-refractivity contribution is 7.80. The molecule has 0 amide bonds. The molecular formula is C14H21N3O2S. The van der Waals surface area contributed by atoms with E-state index in [1.165, 1.54) is 5.56 Å². The number of thiocarbonyl (C=S) groups is 1. The topological polar surface area (TPSA) is 54.9 Å². The highest BCUT2D eigenvalue weighted by atomic mass is 32.1. The zero-order chi connectivity index (χ0) is 14.8. The molecule has 0 bridgehead atoms. The summed E-state index contributed by atoms with van der Waals surface area (Å²) in [6, 6.07) is 7.92. The number of benzene rings is 1. The first kappa shape index (κ1) is 16.4. The molecule has 0 aromatic heterocycles. The van der Waals surface area contributed by atoms with Crippen LogP contribution in [0.2, 0.25) is 0 Å². The second-order valence-corrected chi connectivity index (χ2v) is 4.64. The van der Waals surface area contributed by atoms with Crippen LogP contribution in [0, 0.1) is 0 Å². The van der Waals surface area contributed by atoms with Crippen LogP contribution in [0.3, 0.4) is 0 Å². The Bertz CT molecular complexity index is 446. The molecule has 0 heterocycles. The Balaban J connectivity index is 2.38. The van der Waals surface area contributed by atoms with Crippen molar-refractivity contribution in [3.05, 3.63) is 29.8 Å². The van der Waals surface area contributed by atoms with Crippen molar-refractivity contribution in [1.82, 2.24) is 10.7 Å². The Morgan fingerprint density at radius 1 is 1.25 bits per heavy atom. The minimum absolute atomic E-state index is 0.496. The van der Waals surface area contributed by atoms with Gasteiger partial charge in [0.2, 0.25) is 0 Å². The monoisotopic (exact) mass is 295 g/mol. The van der Waals surface area contributed by atoms with Crippen LogP contribution in [0.4, 0.5) is 0 Å². The fraction of sp³-hybridized carbons (Fsp3) is 0.429. The number of rotatable bonds is 7. The van der Waals surface area contributed by atoms with Crippen LogP contribution in [-0.2, 0) is 11.2 Å². The number of hydrogen-bond donors (Lipinski definition) is 2. The number of hydrazone groups is 1. The molecule has 1 aromatic carbocycles. The first-order valence-electron chi connectivity index (χ1n) is 6.34. The highest BCUT2D eigenvalue weighted by Gasteiger charge is 1.98. The average molecular weight is 295 g/mol. The molecule has 0 saturated heterocycles. The zero-order valence-electron chi connectivity index (χ0n) is 12.1. The smallest absolute Gasteiger partial charge is 0.187 e. The van der Waals surface area contributed by atoms with Gasteiger partial charge in [-0.05, 0) is 36.8 Å². The summed E-state index contributed by atoms with van der Waals surface area (Å²) in [5, 5.41) is 7.72. The second kappa shape index (κ2) is 9.28. The van der Waals surface area contributed by atoms with Crippen LogP contribution in [0.1, 0.15) is 12.5 Å². The van der Waals surface area contributed by atoms with Gasteiger partial charge in [-0.25, -0.2) is 0 Å². The van der Waals surface area contributed by atoms with E-state index in [0.717, 1.165) is 17.9 Å². The minimum atomic E-state index is 0.496. The normalized spacial score (nSPS) is 11.1. The summed E-state index contributed by atoms with van der Waals surface area (Å²) in [4.78, 5) is 0. The van der Waals surface area contributed by atoms with Crippen molar-refractivity contribution < 1.29 is 9.47 Å². The summed E-state index contributed by atoms with van der Waals surface area (Å²) < 4.78 is 10.0. The van der Waals surface area contributed by atoms with Crippen LogP contribution in [0.15, 0.2) is 29.4 Å². The van der Waals surface area contributed by atoms with Crippen LogP contribution < -0.4 is 15.5 Å². The Kier molecular flexibility index (Phi) is 7.60. The molecule has 20 heavy (non-hydrogen) atoms. The third-order valence-electron chi connectivity index (χ3n) is 2.56. The molecular weight excluding hydrogens is 274 g/mol. The quantitative estimate of drug-likeness (QED) is 0.347. The van der Waals surface area contributed by atoms with Crippen molar-refractivity contribution in [2.45, 2.75) is 13.3 Å². The first-order chi connectivity index (χ1) is 9.65. The number of nitrogens with one attached hydrogen (secondary N) is 2. The van der Waals surface area contributed by atoms with Crippen molar-refractivity contribution in [3.63, 3.8) is 0 Å². The zero-order valence-corrected chi connectivity index (χ0v) is 12.9. The Morgan fingerprint density at radius 3 is 2.55 bits per heavy atom. The SMILES string of the molecule is COCCNC(=S)N/N=C(/C)Cc1ccc(OC)cc1. The van der Waals surface area contributed by atoms with E-state index in [-0.39, 0.29) is 0 Å². The molecule has 0 fully saturated rings. The fourth-order valence-corrected chi connectivity index (χ4v) is 1.68. The van der Waals surface area contributed by atoms with Gasteiger partial charge >= 0.3 is 0 Å². The standard InChI is InChI=1S/C14H21N3O2S/c1-11(16-17-14(20)15-8-9-18-2)10-12-4-6-13(19-3)7-5-12/h4-7H,8-10H2,1-3H3,(H2,15,17,20)/b16-11-. The van der Waals surface area contributed by atoms with Gasteiger partial charge in [-0.2, -0.15) is 5.10 Å². The Labute approximate surface area is 125 Å². The van der Waals surface area contributed by atoms with E-state index in [9.17, 15) is 0 Å². The average Bonchev–Trinajstić information content (AvgIpc) is 2.46. The maximum Gasteiger partial charge on any atom is 0.187 e. The lowest BCUT2D eigenvalue weighted by atomic mass is 10.1. The fourth-order valence-electron chi connectivity index (χ4n) is 1.53. The third kappa shape index (κ3) is 6.49. The molecule has 0 aliphatic carbocycles. The highest BCUT2D eigenvalue weighted by Crippen LogP contribution is 2.11. The second-order valence-electron chi connectivity index (χ2n) is 4.23. The molecule has 0 aliphatic heterocycles. The maximum absolute atomic E-state index is 5.12. The largest absolute Gasteiger partial charge is 0.497 e. The van der Waals surface area contributed by atoms with E-state index in [1.807, 2.05) is 31.2 Å². The number of ether oxygens (including phenoxy) is 2. The first-order valence-corrected chi connectivity index (χ1v) is 6.75. The van der Waals surface area contributed by atoms with E-state index in [2.05, 4.69) is 15.8 Å².